The van der Waals surface area contributed by atoms with Crippen LogP contribution < -0.4 is 59.1 Å². The zero-order valence-corrected chi connectivity index (χ0v) is 22.2. The average Bonchev–Trinajstić information content (AvgIpc) is 2.38. The third kappa shape index (κ3) is 36.4. The topological polar surface area (TPSA) is 118 Å². The molecule has 0 bridgehead atoms. The molecule has 0 spiro atoms. The summed E-state index contributed by atoms with van der Waals surface area (Å²) in [5.41, 5.74) is 0. The molecule has 0 amide bonds. The molecule has 0 saturated carbocycles. The fraction of sp³-hybridized carbons (Fsp3) is 0.933. The number of hydrogen-bond donors (Lipinski definition) is 0. The minimum atomic E-state index is -4.25. The molecule has 0 aromatic carbocycles. The second-order valence-electron chi connectivity index (χ2n) is 5.76. The van der Waals surface area contributed by atoms with Gasteiger partial charge in [-0.05, 0) is 13.3 Å². The van der Waals surface area contributed by atoms with E-state index in [2.05, 4.69) is 13.8 Å². The second kappa shape index (κ2) is 22.8. The maximum absolute atomic E-state index is 10.6. The van der Waals surface area contributed by atoms with Crippen molar-refractivity contribution in [1.29, 1.82) is 0 Å². The normalized spacial score (nSPS) is 12.6. The van der Waals surface area contributed by atoms with Crippen molar-refractivity contribution in [3.63, 3.8) is 0 Å². The van der Waals surface area contributed by atoms with E-state index in [0.717, 1.165) is 12.8 Å². The Kier molecular flexibility index (Phi) is 30.6. The van der Waals surface area contributed by atoms with Gasteiger partial charge < -0.3 is 16.2 Å². The summed E-state index contributed by atoms with van der Waals surface area (Å²) in [4.78, 5) is 0. The monoisotopic (exact) mass is 432 g/mol. The largest absolute Gasteiger partial charge is 1.00 e. The molecule has 2 atom stereocenters. The standard InChI is InChI=1S/C15H31O4S.2Na.O3S/c1-4-5-6-7-8-9-10-11-12-14(2)19-15(3)13-20(16,17)18;;;1-4(2)3/h14-15H,3-13H2,1-2H3,(H,16,17,18);;;/q-1;2*+1;/p-1. The van der Waals surface area contributed by atoms with Crippen LogP contribution >= 0.6 is 0 Å². The van der Waals surface area contributed by atoms with Crippen molar-refractivity contribution in [2.45, 2.75) is 83.8 Å². The Labute approximate surface area is 204 Å². The fourth-order valence-electron chi connectivity index (χ4n) is 2.23. The zero-order chi connectivity index (χ0) is 19.0. The molecule has 0 saturated heterocycles. The first-order valence-electron chi connectivity index (χ1n) is 8.27. The van der Waals surface area contributed by atoms with Crippen molar-refractivity contribution in [2.75, 3.05) is 5.75 Å². The van der Waals surface area contributed by atoms with Crippen LogP contribution in [-0.2, 0) is 25.5 Å². The van der Waals surface area contributed by atoms with Crippen molar-refractivity contribution in [3.05, 3.63) is 6.92 Å². The molecule has 0 aromatic rings. The minimum Gasteiger partial charge on any atom is -0.748 e. The zero-order valence-electron chi connectivity index (χ0n) is 16.6. The van der Waals surface area contributed by atoms with Crippen molar-refractivity contribution in [3.8, 4) is 0 Å². The Morgan fingerprint density at radius 1 is 0.962 bits per heavy atom. The molecule has 146 valence electrons. The van der Waals surface area contributed by atoms with E-state index in [1.165, 1.54) is 44.9 Å². The molecule has 0 aliphatic heterocycles. The van der Waals surface area contributed by atoms with Crippen molar-refractivity contribution < 1.29 is 89.4 Å². The summed E-state index contributed by atoms with van der Waals surface area (Å²) < 4.78 is 62.4. The molecule has 2 unspecified atom stereocenters. The molecule has 0 N–H and O–H groups in total. The van der Waals surface area contributed by atoms with Crippen LogP contribution in [0.3, 0.4) is 0 Å². The van der Waals surface area contributed by atoms with Crippen LogP contribution in [0.2, 0.25) is 0 Å². The van der Waals surface area contributed by atoms with Crippen LogP contribution in [0.15, 0.2) is 0 Å². The second-order valence-corrected chi connectivity index (χ2v) is 7.62. The van der Waals surface area contributed by atoms with Gasteiger partial charge >= 0.3 is 69.7 Å². The quantitative estimate of drug-likeness (QED) is 0.129. The summed E-state index contributed by atoms with van der Waals surface area (Å²) in [6, 6.07) is 0. The molecule has 0 fully saturated rings. The molecule has 26 heavy (non-hydrogen) atoms. The first-order chi connectivity index (χ1) is 11.1. The van der Waals surface area contributed by atoms with Crippen LogP contribution in [0.4, 0.5) is 0 Å². The van der Waals surface area contributed by atoms with Gasteiger partial charge in [0, 0.05) is 5.75 Å². The fourth-order valence-corrected chi connectivity index (χ4v) is 2.76. The summed E-state index contributed by atoms with van der Waals surface area (Å²) in [5, 5.41) is 0. The van der Waals surface area contributed by atoms with E-state index in [-0.39, 0.29) is 65.2 Å². The molecular formula is C15H30Na2O7S2. The van der Waals surface area contributed by atoms with Crippen LogP contribution in [0.5, 0.6) is 0 Å². The summed E-state index contributed by atoms with van der Waals surface area (Å²) in [6.07, 6.45) is 10.2. The molecule has 0 heterocycles. The Balaban J connectivity index is -0.000000363. The summed E-state index contributed by atoms with van der Waals surface area (Å²) in [5.74, 6) is -0.547. The van der Waals surface area contributed by atoms with Gasteiger partial charge in [-0.25, -0.2) is 8.42 Å². The predicted octanol–water partition coefficient (Wildman–Crippen LogP) is -3.33. The van der Waals surface area contributed by atoms with E-state index in [4.69, 9.17) is 17.4 Å². The van der Waals surface area contributed by atoms with Gasteiger partial charge in [0.1, 0.15) is 0 Å². The smallest absolute Gasteiger partial charge is 0.748 e. The summed E-state index contributed by atoms with van der Waals surface area (Å²) in [7, 11) is -7.36. The average molecular weight is 433 g/mol. The molecule has 0 radical (unpaired) electrons. The number of ether oxygens (including phenoxy) is 1. The van der Waals surface area contributed by atoms with Gasteiger partial charge in [-0.3, -0.25) is 0 Å². The van der Waals surface area contributed by atoms with Crippen LogP contribution in [0.25, 0.3) is 0 Å². The van der Waals surface area contributed by atoms with Gasteiger partial charge in [-0.15, -0.1) is 12.6 Å². The van der Waals surface area contributed by atoms with Crippen LogP contribution in [0, 0.1) is 6.92 Å². The molecule has 0 aliphatic rings. The van der Waals surface area contributed by atoms with E-state index < -0.39 is 32.6 Å². The van der Waals surface area contributed by atoms with E-state index in [0.29, 0.717) is 0 Å². The molecule has 11 heteroatoms. The first kappa shape index (κ1) is 35.0. The van der Waals surface area contributed by atoms with E-state index >= 15 is 0 Å². The molecule has 0 aromatic heterocycles. The van der Waals surface area contributed by atoms with Crippen LogP contribution in [-0.4, -0.2) is 43.6 Å². The van der Waals surface area contributed by atoms with Gasteiger partial charge in [0.05, 0.1) is 16.2 Å². The Hall–Kier alpha value is 1.49. The molecule has 0 aliphatic carbocycles. The third-order valence-electron chi connectivity index (χ3n) is 3.28. The summed E-state index contributed by atoms with van der Waals surface area (Å²) in [6.45, 7) is 7.67. The minimum absolute atomic E-state index is 0. The van der Waals surface area contributed by atoms with E-state index in [1.54, 1.807) is 0 Å². The predicted molar refractivity (Wildman–Crippen MR) is 91.2 cm³/mol. The van der Waals surface area contributed by atoms with Crippen molar-refractivity contribution >= 4 is 20.7 Å². The Morgan fingerprint density at radius 2 is 1.35 bits per heavy atom. The third-order valence-corrected chi connectivity index (χ3v) is 4.06. The summed E-state index contributed by atoms with van der Waals surface area (Å²) >= 11 is 0. The van der Waals surface area contributed by atoms with E-state index in [9.17, 15) is 13.0 Å². The van der Waals surface area contributed by atoms with Gasteiger partial charge in [0.25, 0.3) is 0 Å². The van der Waals surface area contributed by atoms with Gasteiger partial charge in [-0.2, -0.15) is 0 Å². The van der Waals surface area contributed by atoms with Gasteiger partial charge in [-0.1, -0.05) is 64.4 Å². The Morgan fingerprint density at radius 3 is 1.73 bits per heavy atom. The number of unbranched alkanes of at least 4 members (excludes halogenated alkanes) is 7. The van der Waals surface area contributed by atoms with Crippen LogP contribution in [0.1, 0.15) is 71.6 Å². The maximum Gasteiger partial charge on any atom is 1.00 e. The molecular weight excluding hydrogens is 402 g/mol. The van der Waals surface area contributed by atoms with Gasteiger partial charge in [0.2, 0.25) is 0 Å². The van der Waals surface area contributed by atoms with Crippen molar-refractivity contribution in [2.24, 2.45) is 0 Å². The van der Waals surface area contributed by atoms with E-state index in [1.807, 2.05) is 6.92 Å². The molecule has 7 nitrogen and oxygen atoms in total. The molecule has 0 rings (SSSR count). The Bertz CT molecular complexity index is 488. The van der Waals surface area contributed by atoms with Gasteiger partial charge in [0.15, 0.2) is 0 Å². The number of rotatable bonds is 13. The maximum atomic E-state index is 10.6. The SMILES string of the molecule is O=S(=O)=O.[CH2-]C(CS(=O)(=O)[O-])OC(C)CCCCCCCCCC.[Na+].[Na+]. The van der Waals surface area contributed by atoms with Crippen molar-refractivity contribution in [1.82, 2.24) is 0 Å². The first-order valence-corrected chi connectivity index (χ1v) is 10.8. The number of hydrogen-bond acceptors (Lipinski definition) is 7.